The lowest BCUT2D eigenvalue weighted by Gasteiger charge is -2.00. The molecule has 6 nitrogen and oxygen atoms in total. The summed E-state index contributed by atoms with van der Waals surface area (Å²) in [6, 6.07) is 1.83. The monoisotopic (exact) mass is 262 g/mol. The highest BCUT2D eigenvalue weighted by molar-refractivity contribution is 7.17. The van der Waals surface area contributed by atoms with Gasteiger partial charge in [-0.15, -0.1) is 11.3 Å². The van der Waals surface area contributed by atoms with Gasteiger partial charge in [0.15, 0.2) is 5.82 Å². The molecule has 3 aromatic heterocycles. The smallest absolute Gasteiger partial charge is 0.271 e. The molecule has 0 aliphatic carbocycles. The molecule has 0 radical (unpaired) electrons. The maximum atomic E-state index is 12.1. The Bertz CT molecular complexity index is 743. The van der Waals surface area contributed by atoms with Gasteiger partial charge in [0, 0.05) is 6.42 Å². The third kappa shape index (κ3) is 1.82. The molecule has 0 N–H and O–H groups in total. The van der Waals surface area contributed by atoms with E-state index in [2.05, 4.69) is 15.1 Å². The van der Waals surface area contributed by atoms with Gasteiger partial charge in [-0.1, -0.05) is 12.1 Å². The number of hydrogen-bond donors (Lipinski definition) is 0. The molecule has 0 aromatic carbocycles. The number of aromatic nitrogens is 4. The first-order valence-corrected chi connectivity index (χ1v) is 6.40. The molecule has 3 heterocycles. The van der Waals surface area contributed by atoms with E-state index in [1.54, 1.807) is 0 Å². The summed E-state index contributed by atoms with van der Waals surface area (Å²) in [6.45, 7) is 2.20. The summed E-state index contributed by atoms with van der Waals surface area (Å²) in [7, 11) is 0. The average molecular weight is 262 g/mol. The molecule has 0 saturated carbocycles. The number of fused-ring (bicyclic) bond motifs is 1. The molecule has 7 heteroatoms. The molecule has 92 valence electrons. The Labute approximate surface area is 106 Å². The van der Waals surface area contributed by atoms with E-state index in [1.165, 1.54) is 22.2 Å². The van der Waals surface area contributed by atoms with E-state index in [0.29, 0.717) is 22.8 Å². The number of rotatable bonds is 3. The fourth-order valence-corrected chi connectivity index (χ4v) is 2.43. The fourth-order valence-electron chi connectivity index (χ4n) is 1.64. The summed E-state index contributed by atoms with van der Waals surface area (Å²) in [6.07, 6.45) is 2.22. The minimum atomic E-state index is -0.0775. The van der Waals surface area contributed by atoms with Gasteiger partial charge in [0.05, 0.1) is 11.8 Å². The SMILES string of the molecule is CCc1noc(Cn2cnc3ccsc3c2=O)n1. The lowest BCUT2D eigenvalue weighted by Crippen LogP contribution is -2.20. The predicted molar refractivity (Wildman–Crippen MR) is 66.7 cm³/mol. The van der Waals surface area contributed by atoms with Crippen LogP contribution in [0.2, 0.25) is 0 Å². The molecule has 0 atom stereocenters. The highest BCUT2D eigenvalue weighted by Crippen LogP contribution is 2.13. The number of hydrogen-bond acceptors (Lipinski definition) is 6. The van der Waals surface area contributed by atoms with Gasteiger partial charge in [0.2, 0.25) is 5.89 Å². The molecule has 0 aliphatic heterocycles. The molecule has 18 heavy (non-hydrogen) atoms. The molecular formula is C11H10N4O2S. The molecule has 0 bridgehead atoms. The quantitative estimate of drug-likeness (QED) is 0.714. The van der Waals surface area contributed by atoms with Gasteiger partial charge in [-0.05, 0) is 11.4 Å². The van der Waals surface area contributed by atoms with Crippen molar-refractivity contribution in [3.63, 3.8) is 0 Å². The lowest BCUT2D eigenvalue weighted by atomic mass is 10.4. The van der Waals surface area contributed by atoms with Crippen LogP contribution in [0.4, 0.5) is 0 Å². The van der Waals surface area contributed by atoms with Crippen molar-refractivity contribution in [1.82, 2.24) is 19.7 Å². The van der Waals surface area contributed by atoms with E-state index in [4.69, 9.17) is 4.52 Å². The maximum Gasteiger partial charge on any atom is 0.271 e. The van der Waals surface area contributed by atoms with Crippen molar-refractivity contribution in [3.8, 4) is 0 Å². The third-order valence-corrected chi connectivity index (χ3v) is 3.46. The first-order chi connectivity index (χ1) is 8.78. The van der Waals surface area contributed by atoms with E-state index in [9.17, 15) is 4.79 Å². The minimum Gasteiger partial charge on any atom is -0.337 e. The zero-order valence-corrected chi connectivity index (χ0v) is 10.5. The zero-order valence-electron chi connectivity index (χ0n) is 9.66. The van der Waals surface area contributed by atoms with Crippen LogP contribution >= 0.6 is 11.3 Å². The van der Waals surface area contributed by atoms with Crippen LogP contribution in [0.5, 0.6) is 0 Å². The topological polar surface area (TPSA) is 73.8 Å². The van der Waals surface area contributed by atoms with Gasteiger partial charge in [0.25, 0.3) is 5.56 Å². The highest BCUT2D eigenvalue weighted by atomic mass is 32.1. The molecule has 0 unspecified atom stereocenters. The molecular weight excluding hydrogens is 252 g/mol. The molecule has 0 amide bonds. The van der Waals surface area contributed by atoms with Gasteiger partial charge in [0.1, 0.15) is 11.2 Å². The van der Waals surface area contributed by atoms with Crippen LogP contribution in [0.25, 0.3) is 10.2 Å². The summed E-state index contributed by atoms with van der Waals surface area (Å²) in [5.74, 6) is 1.06. The fraction of sp³-hybridized carbons (Fsp3) is 0.273. The largest absolute Gasteiger partial charge is 0.337 e. The molecule has 0 fully saturated rings. The lowest BCUT2D eigenvalue weighted by molar-refractivity contribution is 0.365. The second-order valence-corrected chi connectivity index (χ2v) is 4.69. The van der Waals surface area contributed by atoms with Crippen LogP contribution in [0, 0.1) is 0 Å². The Morgan fingerprint density at radius 3 is 3.17 bits per heavy atom. The van der Waals surface area contributed by atoms with Crippen molar-refractivity contribution in [2.45, 2.75) is 19.9 Å². The highest BCUT2D eigenvalue weighted by Gasteiger charge is 2.09. The Hall–Kier alpha value is -2.02. The second kappa shape index (κ2) is 4.34. The van der Waals surface area contributed by atoms with Crippen molar-refractivity contribution >= 4 is 21.6 Å². The van der Waals surface area contributed by atoms with Gasteiger partial charge < -0.3 is 4.52 Å². The standard InChI is InChI=1S/C11H10N4O2S/c1-2-8-13-9(17-14-8)5-15-6-12-7-3-4-18-10(7)11(15)16/h3-4,6H,2,5H2,1H3. The van der Waals surface area contributed by atoms with Crippen LogP contribution in [0.1, 0.15) is 18.6 Å². The van der Waals surface area contributed by atoms with Gasteiger partial charge in [-0.3, -0.25) is 9.36 Å². The van der Waals surface area contributed by atoms with Crippen LogP contribution < -0.4 is 5.56 Å². The summed E-state index contributed by atoms with van der Waals surface area (Å²) >= 11 is 1.39. The summed E-state index contributed by atoms with van der Waals surface area (Å²) < 4.78 is 7.19. The third-order valence-electron chi connectivity index (χ3n) is 2.57. The molecule has 3 rings (SSSR count). The predicted octanol–water partition coefficient (Wildman–Crippen LogP) is 1.45. The average Bonchev–Trinajstić information content (AvgIpc) is 3.01. The van der Waals surface area contributed by atoms with Gasteiger partial charge in [-0.2, -0.15) is 4.98 Å². The molecule has 3 aromatic rings. The summed E-state index contributed by atoms with van der Waals surface area (Å²) in [5.41, 5.74) is 0.646. The van der Waals surface area contributed by atoms with Crippen molar-refractivity contribution in [3.05, 3.63) is 39.8 Å². The molecule has 0 saturated heterocycles. The van der Waals surface area contributed by atoms with E-state index < -0.39 is 0 Å². The van der Waals surface area contributed by atoms with E-state index in [0.717, 1.165) is 5.52 Å². The van der Waals surface area contributed by atoms with Crippen molar-refractivity contribution in [1.29, 1.82) is 0 Å². The Balaban J connectivity index is 1.99. The first kappa shape index (κ1) is 11.1. The number of aryl methyl sites for hydroxylation is 1. The molecule has 0 aliphatic rings. The zero-order chi connectivity index (χ0) is 12.5. The maximum absolute atomic E-state index is 12.1. The van der Waals surface area contributed by atoms with Gasteiger partial charge >= 0.3 is 0 Å². The van der Waals surface area contributed by atoms with Crippen molar-refractivity contribution in [2.75, 3.05) is 0 Å². The Kier molecular flexibility index (Phi) is 2.67. The Morgan fingerprint density at radius 2 is 2.39 bits per heavy atom. The number of thiophene rings is 1. The van der Waals surface area contributed by atoms with Crippen LogP contribution in [0.15, 0.2) is 27.1 Å². The normalized spacial score (nSPS) is 11.2. The van der Waals surface area contributed by atoms with E-state index in [1.807, 2.05) is 18.4 Å². The summed E-state index contributed by atoms with van der Waals surface area (Å²) in [5, 5.41) is 5.65. The second-order valence-electron chi connectivity index (χ2n) is 3.77. The minimum absolute atomic E-state index is 0.0775. The van der Waals surface area contributed by atoms with Crippen LogP contribution in [0.3, 0.4) is 0 Å². The van der Waals surface area contributed by atoms with Crippen LogP contribution in [-0.2, 0) is 13.0 Å². The summed E-state index contributed by atoms with van der Waals surface area (Å²) in [4.78, 5) is 20.5. The Morgan fingerprint density at radius 1 is 1.50 bits per heavy atom. The van der Waals surface area contributed by atoms with Crippen molar-refractivity contribution < 1.29 is 4.52 Å². The first-order valence-electron chi connectivity index (χ1n) is 5.52. The van der Waals surface area contributed by atoms with Crippen LogP contribution in [-0.4, -0.2) is 19.7 Å². The van der Waals surface area contributed by atoms with E-state index >= 15 is 0 Å². The molecule has 0 spiro atoms. The van der Waals surface area contributed by atoms with E-state index in [-0.39, 0.29) is 12.1 Å². The van der Waals surface area contributed by atoms with Crippen molar-refractivity contribution in [2.24, 2.45) is 0 Å². The van der Waals surface area contributed by atoms with Gasteiger partial charge in [-0.25, -0.2) is 4.98 Å². The number of nitrogens with zero attached hydrogens (tertiary/aromatic N) is 4.